The van der Waals surface area contributed by atoms with E-state index in [-0.39, 0.29) is 0 Å². The quantitative estimate of drug-likeness (QED) is 0.560. The van der Waals surface area contributed by atoms with E-state index in [4.69, 9.17) is 10.6 Å². The molecule has 0 aliphatic carbocycles. The molecule has 0 aliphatic heterocycles. The van der Waals surface area contributed by atoms with Crippen molar-refractivity contribution in [3.63, 3.8) is 0 Å². The van der Waals surface area contributed by atoms with Gasteiger partial charge in [-0.1, -0.05) is 0 Å². The minimum Gasteiger partial charge on any atom is -0.480 e. The molecule has 3 N–H and O–H groups in total. The Hall–Kier alpha value is -0.880. The molecule has 0 saturated heterocycles. The maximum absolute atomic E-state index is 5.15. The molecule has 0 saturated carbocycles. The third-order valence-corrected chi connectivity index (χ3v) is 1.80. The summed E-state index contributed by atoms with van der Waals surface area (Å²) in [4.78, 5) is 7.66. The van der Waals surface area contributed by atoms with Crippen LogP contribution in [0.4, 0.5) is 5.82 Å². The molecule has 1 rings (SSSR count). The monoisotopic (exact) mass is 218 g/mol. The van der Waals surface area contributed by atoms with Gasteiger partial charge in [-0.3, -0.25) is 0 Å². The van der Waals surface area contributed by atoms with E-state index in [1.165, 1.54) is 13.4 Å². The minimum atomic E-state index is 0.452. The van der Waals surface area contributed by atoms with E-state index >= 15 is 0 Å². The summed E-state index contributed by atoms with van der Waals surface area (Å²) >= 11 is 3.21. The number of rotatable bonds is 2. The van der Waals surface area contributed by atoms with Crippen molar-refractivity contribution in [3.8, 4) is 5.88 Å². The lowest BCUT2D eigenvalue weighted by atomic mass is 10.6. The van der Waals surface area contributed by atoms with Gasteiger partial charge >= 0.3 is 0 Å². The van der Waals surface area contributed by atoms with Crippen molar-refractivity contribution in [2.24, 2.45) is 5.84 Å². The number of nitrogen functional groups attached to an aromatic ring is 1. The van der Waals surface area contributed by atoms with Gasteiger partial charge in [0.2, 0.25) is 5.88 Å². The van der Waals surface area contributed by atoms with Crippen LogP contribution in [0.15, 0.2) is 10.8 Å². The lowest BCUT2D eigenvalue weighted by molar-refractivity contribution is 0.394. The van der Waals surface area contributed by atoms with Gasteiger partial charge in [-0.2, -0.15) is 0 Å². The van der Waals surface area contributed by atoms with E-state index < -0.39 is 0 Å². The third kappa shape index (κ3) is 1.58. The summed E-state index contributed by atoms with van der Waals surface area (Å²) < 4.78 is 5.51. The number of nitrogens with two attached hydrogens (primary N) is 1. The molecule has 0 atom stereocenters. The molecule has 11 heavy (non-hydrogen) atoms. The normalized spacial score (nSPS) is 9.36. The second-order valence-electron chi connectivity index (χ2n) is 1.69. The molecule has 1 aromatic heterocycles. The molecule has 1 heterocycles. The molecule has 6 heteroatoms. The number of anilines is 1. The molecule has 0 aliphatic rings. The summed E-state index contributed by atoms with van der Waals surface area (Å²) in [6.45, 7) is 0. The molecule has 1 aromatic rings. The van der Waals surface area contributed by atoms with Crippen molar-refractivity contribution >= 4 is 21.7 Å². The Balaban J connectivity index is 3.10. The maximum atomic E-state index is 5.15. The van der Waals surface area contributed by atoms with Crippen LogP contribution in [0.3, 0.4) is 0 Å². The van der Waals surface area contributed by atoms with Crippen LogP contribution in [0.5, 0.6) is 5.88 Å². The van der Waals surface area contributed by atoms with Gasteiger partial charge in [0.05, 0.1) is 7.11 Å². The van der Waals surface area contributed by atoms with E-state index in [1.54, 1.807) is 0 Å². The zero-order valence-electron chi connectivity index (χ0n) is 5.84. The zero-order chi connectivity index (χ0) is 8.27. The van der Waals surface area contributed by atoms with Crippen LogP contribution >= 0.6 is 15.9 Å². The van der Waals surface area contributed by atoms with Gasteiger partial charge in [0.1, 0.15) is 10.8 Å². The van der Waals surface area contributed by atoms with E-state index in [2.05, 4.69) is 31.3 Å². The highest BCUT2D eigenvalue weighted by atomic mass is 79.9. The zero-order valence-corrected chi connectivity index (χ0v) is 7.42. The number of ether oxygens (including phenoxy) is 1. The Morgan fingerprint density at radius 3 is 2.91 bits per heavy atom. The first-order valence-corrected chi connectivity index (χ1v) is 3.60. The highest BCUT2D eigenvalue weighted by Gasteiger charge is 2.06. The van der Waals surface area contributed by atoms with Crippen LogP contribution in [0, 0.1) is 0 Å². The summed E-state index contributed by atoms with van der Waals surface area (Å²) in [5.41, 5.74) is 2.39. The van der Waals surface area contributed by atoms with E-state index in [9.17, 15) is 0 Å². The van der Waals surface area contributed by atoms with Gasteiger partial charge in [-0.15, -0.1) is 0 Å². The fourth-order valence-electron chi connectivity index (χ4n) is 0.597. The number of hydrogen-bond acceptors (Lipinski definition) is 5. The number of halogens is 1. The Bertz CT molecular complexity index is 232. The standard InChI is InChI=1S/C5H7BrN4O/c1-11-5-3(6)4(10-7)8-2-9-5/h2H,7H2,1H3,(H,8,9,10). The average molecular weight is 219 g/mol. The number of nitrogens with zero attached hydrogens (tertiary/aromatic N) is 2. The van der Waals surface area contributed by atoms with Gasteiger partial charge in [0.25, 0.3) is 0 Å². The van der Waals surface area contributed by atoms with Crippen molar-refractivity contribution in [3.05, 3.63) is 10.8 Å². The summed E-state index contributed by atoms with van der Waals surface area (Å²) in [5, 5.41) is 0. The van der Waals surface area contributed by atoms with Crippen molar-refractivity contribution in [1.29, 1.82) is 0 Å². The lowest BCUT2D eigenvalue weighted by Crippen LogP contribution is -2.09. The Kier molecular flexibility index (Phi) is 2.61. The molecule has 0 amide bonds. The topological polar surface area (TPSA) is 73.1 Å². The van der Waals surface area contributed by atoms with Crippen molar-refractivity contribution < 1.29 is 4.74 Å². The molecule has 5 nitrogen and oxygen atoms in total. The second-order valence-corrected chi connectivity index (χ2v) is 2.48. The van der Waals surface area contributed by atoms with Crippen LogP contribution in [0.1, 0.15) is 0 Å². The molecule has 0 aromatic carbocycles. The predicted molar refractivity (Wildman–Crippen MR) is 44.1 cm³/mol. The van der Waals surface area contributed by atoms with Gasteiger partial charge in [0.15, 0.2) is 5.82 Å². The summed E-state index contributed by atoms with van der Waals surface area (Å²) in [6.07, 6.45) is 1.36. The third-order valence-electron chi connectivity index (χ3n) is 1.09. The highest BCUT2D eigenvalue weighted by Crippen LogP contribution is 2.26. The molecule has 0 unspecified atom stereocenters. The number of methoxy groups -OCH3 is 1. The first-order chi connectivity index (χ1) is 5.29. The molecular weight excluding hydrogens is 212 g/mol. The first-order valence-electron chi connectivity index (χ1n) is 2.80. The predicted octanol–water partition coefficient (Wildman–Crippen LogP) is 0.533. The molecule has 60 valence electrons. The molecule has 0 bridgehead atoms. The molecule has 0 spiro atoms. The summed E-state index contributed by atoms with van der Waals surface area (Å²) in [6, 6.07) is 0. The van der Waals surface area contributed by atoms with Gasteiger partial charge in [-0.25, -0.2) is 15.8 Å². The van der Waals surface area contributed by atoms with Crippen molar-refractivity contribution in [2.45, 2.75) is 0 Å². The van der Waals surface area contributed by atoms with E-state index in [1.807, 2.05) is 0 Å². The lowest BCUT2D eigenvalue weighted by Gasteiger charge is -2.04. The van der Waals surface area contributed by atoms with Gasteiger partial charge in [-0.05, 0) is 15.9 Å². The van der Waals surface area contributed by atoms with E-state index in [0.29, 0.717) is 16.2 Å². The Morgan fingerprint density at radius 1 is 1.64 bits per heavy atom. The fourth-order valence-corrected chi connectivity index (χ4v) is 1.08. The number of hydrogen-bond donors (Lipinski definition) is 2. The highest BCUT2D eigenvalue weighted by molar-refractivity contribution is 9.10. The number of hydrazine groups is 1. The maximum Gasteiger partial charge on any atom is 0.233 e. The number of aromatic nitrogens is 2. The fraction of sp³-hybridized carbons (Fsp3) is 0.200. The average Bonchev–Trinajstić information content (AvgIpc) is 2.05. The summed E-state index contributed by atoms with van der Waals surface area (Å²) in [7, 11) is 1.52. The molecule has 0 fully saturated rings. The molecular formula is C5H7BrN4O. The van der Waals surface area contributed by atoms with Crippen molar-refractivity contribution in [2.75, 3.05) is 12.5 Å². The SMILES string of the molecule is COc1ncnc(NN)c1Br. The smallest absolute Gasteiger partial charge is 0.233 e. The largest absolute Gasteiger partial charge is 0.480 e. The Morgan fingerprint density at radius 2 is 2.36 bits per heavy atom. The van der Waals surface area contributed by atoms with Crippen LogP contribution < -0.4 is 16.0 Å². The van der Waals surface area contributed by atoms with Crippen LogP contribution in [-0.2, 0) is 0 Å². The second kappa shape index (κ2) is 3.49. The Labute approximate surface area is 72.1 Å². The van der Waals surface area contributed by atoms with Crippen LogP contribution in [0.25, 0.3) is 0 Å². The minimum absolute atomic E-state index is 0.452. The van der Waals surface area contributed by atoms with Crippen LogP contribution in [0.2, 0.25) is 0 Å². The number of nitrogens with one attached hydrogen (secondary N) is 1. The van der Waals surface area contributed by atoms with Crippen molar-refractivity contribution in [1.82, 2.24) is 9.97 Å². The van der Waals surface area contributed by atoms with Gasteiger partial charge in [0, 0.05) is 0 Å². The van der Waals surface area contributed by atoms with Gasteiger partial charge < -0.3 is 10.2 Å². The van der Waals surface area contributed by atoms with E-state index in [0.717, 1.165) is 0 Å². The van der Waals surface area contributed by atoms with Crippen LogP contribution in [-0.4, -0.2) is 17.1 Å². The summed E-state index contributed by atoms with van der Waals surface area (Å²) in [5.74, 6) is 6.10. The first kappa shape index (κ1) is 8.22. The molecule has 0 radical (unpaired) electrons.